The van der Waals surface area contributed by atoms with Gasteiger partial charge in [-0.25, -0.2) is 4.79 Å². The molecule has 0 saturated carbocycles. The van der Waals surface area contributed by atoms with Gasteiger partial charge in [-0.05, 0) is 19.1 Å². The van der Waals surface area contributed by atoms with E-state index in [0.29, 0.717) is 12.1 Å². The molecule has 0 unspecified atom stereocenters. The number of nitro benzene ring substituents is 1. The largest absolute Gasteiger partial charge is 0.496 e. The molecule has 2 N–H and O–H groups in total. The van der Waals surface area contributed by atoms with Gasteiger partial charge in [-0.15, -0.1) is 0 Å². The maximum atomic E-state index is 12.5. The van der Waals surface area contributed by atoms with Crippen molar-refractivity contribution in [3.05, 3.63) is 64.2 Å². The van der Waals surface area contributed by atoms with E-state index in [1.54, 1.807) is 37.3 Å². The first-order chi connectivity index (χ1) is 13.0. The maximum absolute atomic E-state index is 12.5. The van der Waals surface area contributed by atoms with Crippen molar-refractivity contribution in [2.45, 2.75) is 13.0 Å². The lowest BCUT2D eigenvalue weighted by atomic mass is 10.1. The number of amides is 3. The fourth-order valence-electron chi connectivity index (χ4n) is 2.28. The number of carbonyl (C=O) groups excluding carboxylic acids is 2. The standard InChI is InChI=1S/C18H19N3O6/c1-3-19-18(23)20-17(22)16(12-7-5-4-6-8-12)27-15-10-9-13(26-2)11-14(15)21(24)25/h4-11,16H,3H2,1-2H3,(H2,19,20,22,23)/t16-/m1/s1. The number of hydrogen-bond donors (Lipinski definition) is 2. The lowest BCUT2D eigenvalue weighted by Crippen LogP contribution is -2.42. The number of nitro groups is 1. The van der Waals surface area contributed by atoms with Gasteiger partial charge in [0.15, 0.2) is 5.75 Å². The summed E-state index contributed by atoms with van der Waals surface area (Å²) in [7, 11) is 1.38. The molecule has 1 atom stereocenters. The quantitative estimate of drug-likeness (QED) is 0.568. The van der Waals surface area contributed by atoms with E-state index in [1.165, 1.54) is 25.3 Å². The molecule has 0 saturated heterocycles. The number of methoxy groups -OCH3 is 1. The van der Waals surface area contributed by atoms with Gasteiger partial charge in [0.2, 0.25) is 6.10 Å². The number of ether oxygens (including phenoxy) is 2. The van der Waals surface area contributed by atoms with Crippen LogP contribution in [0.1, 0.15) is 18.6 Å². The van der Waals surface area contributed by atoms with E-state index in [4.69, 9.17) is 9.47 Å². The summed E-state index contributed by atoms with van der Waals surface area (Å²) < 4.78 is 10.6. The summed E-state index contributed by atoms with van der Waals surface area (Å²) in [6, 6.07) is 11.7. The van der Waals surface area contributed by atoms with Crippen molar-refractivity contribution in [3.8, 4) is 11.5 Å². The third-order valence-electron chi connectivity index (χ3n) is 3.52. The molecule has 0 bridgehead atoms. The second-order valence-electron chi connectivity index (χ2n) is 5.35. The highest BCUT2D eigenvalue weighted by Gasteiger charge is 2.28. The third-order valence-corrected chi connectivity index (χ3v) is 3.52. The zero-order valence-electron chi connectivity index (χ0n) is 14.8. The van der Waals surface area contributed by atoms with Crippen LogP contribution in [0.3, 0.4) is 0 Å². The van der Waals surface area contributed by atoms with Crippen LogP contribution in [0.4, 0.5) is 10.5 Å². The van der Waals surface area contributed by atoms with Crippen molar-refractivity contribution in [2.24, 2.45) is 0 Å². The zero-order valence-corrected chi connectivity index (χ0v) is 14.8. The molecule has 0 aliphatic heterocycles. The van der Waals surface area contributed by atoms with Crippen LogP contribution in [0.2, 0.25) is 0 Å². The van der Waals surface area contributed by atoms with Gasteiger partial charge < -0.3 is 14.8 Å². The van der Waals surface area contributed by atoms with E-state index in [9.17, 15) is 19.7 Å². The van der Waals surface area contributed by atoms with Crippen molar-refractivity contribution >= 4 is 17.6 Å². The topological polar surface area (TPSA) is 120 Å². The minimum Gasteiger partial charge on any atom is -0.496 e. The molecule has 142 valence electrons. The summed E-state index contributed by atoms with van der Waals surface area (Å²) in [5.41, 5.74) is 0.0745. The molecule has 0 spiro atoms. The van der Waals surface area contributed by atoms with Crippen LogP contribution in [0.15, 0.2) is 48.5 Å². The summed E-state index contributed by atoms with van der Waals surface area (Å²) in [6.07, 6.45) is -1.26. The lowest BCUT2D eigenvalue weighted by molar-refractivity contribution is -0.386. The van der Waals surface area contributed by atoms with E-state index >= 15 is 0 Å². The van der Waals surface area contributed by atoms with Crippen LogP contribution < -0.4 is 20.1 Å². The average molecular weight is 373 g/mol. The number of hydrogen-bond acceptors (Lipinski definition) is 6. The summed E-state index contributed by atoms with van der Waals surface area (Å²) >= 11 is 0. The van der Waals surface area contributed by atoms with Crippen LogP contribution in [0.25, 0.3) is 0 Å². The first kappa shape index (κ1) is 19.7. The highest BCUT2D eigenvalue weighted by molar-refractivity contribution is 5.97. The Kier molecular flexibility index (Phi) is 6.70. The van der Waals surface area contributed by atoms with E-state index in [0.717, 1.165) is 0 Å². The number of nitrogens with zero attached hydrogens (tertiary/aromatic N) is 1. The Labute approximate surface area is 155 Å². The number of imide groups is 1. The number of carbonyl (C=O) groups is 2. The van der Waals surface area contributed by atoms with Crippen LogP contribution >= 0.6 is 0 Å². The maximum Gasteiger partial charge on any atom is 0.321 e. The first-order valence-electron chi connectivity index (χ1n) is 8.09. The molecule has 9 nitrogen and oxygen atoms in total. The second kappa shape index (κ2) is 9.18. The Morgan fingerprint density at radius 3 is 2.48 bits per heavy atom. The molecule has 2 rings (SSSR count). The van der Waals surface area contributed by atoms with Gasteiger partial charge in [0.25, 0.3) is 5.91 Å². The van der Waals surface area contributed by atoms with Gasteiger partial charge in [-0.1, -0.05) is 30.3 Å². The Hall–Kier alpha value is -3.62. The number of urea groups is 1. The van der Waals surface area contributed by atoms with Gasteiger partial charge in [-0.3, -0.25) is 20.2 Å². The lowest BCUT2D eigenvalue weighted by Gasteiger charge is -2.19. The zero-order chi connectivity index (χ0) is 19.8. The Bertz CT molecular complexity index is 825. The number of rotatable bonds is 7. The fourth-order valence-corrected chi connectivity index (χ4v) is 2.28. The molecular weight excluding hydrogens is 354 g/mol. The summed E-state index contributed by atoms with van der Waals surface area (Å²) in [5, 5.41) is 15.9. The molecule has 0 aliphatic carbocycles. The van der Waals surface area contributed by atoms with Gasteiger partial charge in [0.1, 0.15) is 5.75 Å². The molecule has 27 heavy (non-hydrogen) atoms. The van der Waals surface area contributed by atoms with Crippen molar-refractivity contribution in [1.82, 2.24) is 10.6 Å². The molecule has 2 aromatic rings. The van der Waals surface area contributed by atoms with E-state index in [2.05, 4.69) is 10.6 Å². The van der Waals surface area contributed by atoms with Crippen molar-refractivity contribution in [2.75, 3.05) is 13.7 Å². The molecule has 0 radical (unpaired) electrons. The highest BCUT2D eigenvalue weighted by atomic mass is 16.6. The fraction of sp³-hybridized carbons (Fsp3) is 0.222. The van der Waals surface area contributed by atoms with Crippen molar-refractivity contribution < 1.29 is 24.0 Å². The Balaban J connectivity index is 2.36. The molecule has 0 aromatic heterocycles. The number of benzene rings is 2. The first-order valence-corrected chi connectivity index (χ1v) is 8.09. The molecule has 3 amide bonds. The van der Waals surface area contributed by atoms with E-state index in [1.807, 2.05) is 0 Å². The molecule has 9 heteroatoms. The normalized spacial score (nSPS) is 11.2. The van der Waals surface area contributed by atoms with Crippen molar-refractivity contribution in [1.29, 1.82) is 0 Å². The van der Waals surface area contributed by atoms with Gasteiger partial charge in [0, 0.05) is 12.1 Å². The monoisotopic (exact) mass is 373 g/mol. The van der Waals surface area contributed by atoms with Crippen LogP contribution in [0.5, 0.6) is 11.5 Å². The van der Waals surface area contributed by atoms with Crippen LogP contribution in [-0.4, -0.2) is 30.5 Å². The van der Waals surface area contributed by atoms with Crippen LogP contribution in [0, 0.1) is 10.1 Å². The minimum atomic E-state index is -1.26. The average Bonchev–Trinajstić information content (AvgIpc) is 2.66. The van der Waals surface area contributed by atoms with Crippen molar-refractivity contribution in [3.63, 3.8) is 0 Å². The summed E-state index contributed by atoms with van der Waals surface area (Å²) in [6.45, 7) is 2.04. The molecule has 0 heterocycles. The predicted octanol–water partition coefficient (Wildman–Crippen LogP) is 2.57. The molecule has 0 fully saturated rings. The van der Waals surface area contributed by atoms with E-state index < -0.39 is 23.0 Å². The van der Waals surface area contributed by atoms with E-state index in [-0.39, 0.29) is 17.2 Å². The second-order valence-corrected chi connectivity index (χ2v) is 5.35. The predicted molar refractivity (Wildman–Crippen MR) is 96.7 cm³/mol. The molecular formula is C18H19N3O6. The molecule has 2 aromatic carbocycles. The summed E-state index contributed by atoms with van der Waals surface area (Å²) in [4.78, 5) is 34.9. The summed E-state index contributed by atoms with van der Waals surface area (Å²) in [5.74, 6) is -0.602. The number of nitrogens with one attached hydrogen (secondary N) is 2. The highest BCUT2D eigenvalue weighted by Crippen LogP contribution is 2.34. The van der Waals surface area contributed by atoms with Gasteiger partial charge in [0.05, 0.1) is 18.1 Å². The Morgan fingerprint density at radius 1 is 1.19 bits per heavy atom. The minimum absolute atomic E-state index is 0.124. The van der Waals surface area contributed by atoms with Gasteiger partial charge >= 0.3 is 11.7 Å². The smallest absolute Gasteiger partial charge is 0.321 e. The van der Waals surface area contributed by atoms with Gasteiger partial charge in [-0.2, -0.15) is 0 Å². The molecule has 0 aliphatic rings. The third kappa shape index (κ3) is 5.18. The Morgan fingerprint density at radius 2 is 1.89 bits per heavy atom. The van der Waals surface area contributed by atoms with Crippen LogP contribution in [-0.2, 0) is 4.79 Å². The SMILES string of the molecule is CCNC(=O)NC(=O)[C@H](Oc1ccc(OC)cc1[N+](=O)[O-])c1ccccc1.